The number of rotatable bonds is 28. The minimum atomic E-state index is -1.01. The molecule has 0 spiro atoms. The molecule has 0 aliphatic carbocycles. The van der Waals surface area contributed by atoms with E-state index in [1.807, 2.05) is 99.0 Å². The molecule has 2 aliphatic heterocycles. The molecule has 0 bridgehead atoms. The first-order valence-electron chi connectivity index (χ1n) is 24.7. The van der Waals surface area contributed by atoms with Crippen molar-refractivity contribution in [1.82, 2.24) is 15.5 Å². The van der Waals surface area contributed by atoms with Gasteiger partial charge in [-0.1, -0.05) is 74.9 Å². The number of Topliss-reactive ketones (excluding diaryl/α,β-unsaturated/α-hetero) is 1. The number of unbranched alkanes of at least 4 members (excludes halogenated alkanes) is 1. The number of aliphatic hydroxyl groups excluding tert-OH is 1. The number of benzene rings is 3. The summed E-state index contributed by atoms with van der Waals surface area (Å²) in [5, 5.41) is 16.0. The summed E-state index contributed by atoms with van der Waals surface area (Å²) in [6, 6.07) is 24.9. The van der Waals surface area contributed by atoms with Gasteiger partial charge in [-0.15, -0.1) is 0 Å². The first-order chi connectivity index (χ1) is 34.7. The first-order valence-corrected chi connectivity index (χ1v) is 24.7. The van der Waals surface area contributed by atoms with Crippen molar-refractivity contribution in [3.63, 3.8) is 0 Å². The van der Waals surface area contributed by atoms with Gasteiger partial charge in [0.25, 0.3) is 0 Å². The van der Waals surface area contributed by atoms with Crippen molar-refractivity contribution in [3.05, 3.63) is 95.6 Å². The molecule has 3 amide bonds. The molecule has 20 heteroatoms. The van der Waals surface area contributed by atoms with Gasteiger partial charge in [-0.2, -0.15) is 6.42 Å². The summed E-state index contributed by atoms with van der Waals surface area (Å²) in [5.74, 6) is 0.788. The van der Waals surface area contributed by atoms with Crippen molar-refractivity contribution in [2.45, 2.75) is 115 Å². The number of carbonyl (C=O) groups is 5. The fraction of sp³-hybridized carbons (Fsp3) is 0.556. The van der Waals surface area contributed by atoms with Crippen LogP contribution in [0, 0.1) is 11.8 Å². The number of methoxy groups -OCH3 is 2. The maximum Gasteiger partial charge on any atom is 1.00 e. The average molecular weight is 1030 g/mol. The Balaban J connectivity index is 0.000000497. The number of likely N-dealkylation sites (tertiary alicyclic amines) is 1. The van der Waals surface area contributed by atoms with Gasteiger partial charge in [-0.05, 0) is 72.1 Å². The Morgan fingerprint density at radius 1 is 0.811 bits per heavy atom. The Morgan fingerprint density at radius 2 is 1.42 bits per heavy atom. The second-order valence-electron chi connectivity index (χ2n) is 18.0. The molecule has 2 fully saturated rings. The van der Waals surface area contributed by atoms with Gasteiger partial charge in [0, 0.05) is 52.8 Å². The number of ketones is 1. The van der Waals surface area contributed by atoms with Crippen LogP contribution < -0.4 is 44.7 Å². The van der Waals surface area contributed by atoms with Crippen LogP contribution in [0.3, 0.4) is 0 Å². The molecule has 5 unspecified atom stereocenters. The molecular weight excluding hydrogens is 952 g/mol. The molecule has 74 heavy (non-hydrogen) atoms. The summed E-state index contributed by atoms with van der Waals surface area (Å²) >= 11 is 0. The summed E-state index contributed by atoms with van der Waals surface area (Å²) in [6.45, 7) is 8.73. The number of aliphatic hydroxyl groups is 1. The number of esters is 1. The maximum absolute atomic E-state index is 13.0. The number of ether oxygens (including phenoxy) is 7. The molecule has 6 N–H and O–H groups in total. The predicted octanol–water partition coefficient (Wildman–Crippen LogP) is 1.37. The smallest absolute Gasteiger partial charge is 0.870 e. The molecule has 0 radical (unpaired) electrons. The van der Waals surface area contributed by atoms with Crippen LogP contribution in [0.25, 0.3) is 0 Å². The van der Waals surface area contributed by atoms with E-state index >= 15 is 0 Å². The quantitative estimate of drug-likeness (QED) is 0.0263. The van der Waals surface area contributed by atoms with E-state index in [2.05, 4.69) is 10.6 Å². The van der Waals surface area contributed by atoms with E-state index in [1.165, 1.54) is 13.8 Å². The first kappa shape index (κ1) is 64.9. The molecule has 2 saturated heterocycles. The van der Waals surface area contributed by atoms with Crippen LogP contribution in [0.5, 0.6) is 11.5 Å². The third kappa shape index (κ3) is 20.2. The number of carbonyl (C=O) groups excluding carboxylic acids is 6. The van der Waals surface area contributed by atoms with Crippen molar-refractivity contribution in [2.75, 3.05) is 66.9 Å². The molecule has 0 saturated carbocycles. The molecule has 3 aromatic carbocycles. The van der Waals surface area contributed by atoms with Gasteiger partial charge >= 0.3 is 24.8 Å². The van der Waals surface area contributed by atoms with Crippen LogP contribution in [0.4, 0.5) is 0 Å². The zero-order chi connectivity index (χ0) is 52.5. The van der Waals surface area contributed by atoms with Gasteiger partial charge in [0.2, 0.25) is 17.7 Å². The third-order valence-corrected chi connectivity index (χ3v) is 12.8. The molecule has 2 heterocycles. The van der Waals surface area contributed by atoms with Crippen LogP contribution >= 0.6 is 0 Å². The Morgan fingerprint density at radius 3 is 1.99 bits per heavy atom. The molecule has 2 aliphatic rings. The third-order valence-electron chi connectivity index (χ3n) is 12.8. The summed E-state index contributed by atoms with van der Waals surface area (Å²) in [5.41, 5.74) is 6.91. The van der Waals surface area contributed by atoms with Gasteiger partial charge in [-0.3, -0.25) is 30.3 Å². The van der Waals surface area contributed by atoms with Gasteiger partial charge in [0.05, 0.1) is 64.9 Å². The molecule has 3 aromatic rings. The number of amides is 3. The summed E-state index contributed by atoms with van der Waals surface area (Å²) in [6.07, 6.45) is 3.49. The van der Waals surface area contributed by atoms with Crippen molar-refractivity contribution in [2.24, 2.45) is 17.6 Å². The van der Waals surface area contributed by atoms with Crippen LogP contribution in [0.15, 0.2) is 78.9 Å². The molecule has 5 rings (SSSR count). The number of hydrogen-bond acceptors (Lipinski definition) is 16. The Kier molecular flexibility index (Phi) is 30.2. The second-order valence-corrected chi connectivity index (χ2v) is 18.0. The largest absolute Gasteiger partial charge is 1.00 e. The molecule has 404 valence electrons. The van der Waals surface area contributed by atoms with E-state index < -0.39 is 18.0 Å². The number of nitrogens with one attached hydrogen (secondary N) is 2. The van der Waals surface area contributed by atoms with E-state index in [1.54, 1.807) is 19.1 Å². The molecular formula is C54H76LiN4O15-. The average Bonchev–Trinajstić information content (AvgIpc) is 3.77. The van der Waals surface area contributed by atoms with Crippen LogP contribution in [0.2, 0.25) is 0 Å². The number of hydrogen-bond donors (Lipinski definition) is 4. The van der Waals surface area contributed by atoms with Crippen LogP contribution in [-0.2, 0) is 58.1 Å². The number of β-amino-alcohol motifs (C(OH)–C–C–N with tert-alkyl or cyclic N) is 1. The minimum Gasteiger partial charge on any atom is -0.870 e. The monoisotopic (exact) mass is 1030 g/mol. The normalized spacial score (nSPS) is 20.1. The fourth-order valence-corrected chi connectivity index (χ4v) is 8.78. The molecule has 7 atom stereocenters. The van der Waals surface area contributed by atoms with Crippen LogP contribution in [-0.4, -0.2) is 149 Å². The van der Waals surface area contributed by atoms with E-state index in [0.29, 0.717) is 58.3 Å². The number of nitrogens with two attached hydrogens (primary N) is 1. The van der Waals surface area contributed by atoms with Crippen molar-refractivity contribution in [3.8, 4) is 11.5 Å². The number of nitrogens with zero attached hydrogens (tertiary/aromatic N) is 1. The Labute approximate surface area is 447 Å². The topological polar surface area (TPSA) is 271 Å². The molecule has 0 aromatic heterocycles. The predicted molar refractivity (Wildman–Crippen MR) is 269 cm³/mol. The van der Waals surface area contributed by atoms with Gasteiger partial charge in [0.1, 0.15) is 29.5 Å². The zero-order valence-electron chi connectivity index (χ0n) is 44.1. The van der Waals surface area contributed by atoms with Gasteiger partial charge in [0.15, 0.2) is 6.29 Å². The van der Waals surface area contributed by atoms with E-state index in [0.717, 1.165) is 28.2 Å². The van der Waals surface area contributed by atoms with Crippen molar-refractivity contribution in [1.29, 1.82) is 0 Å². The van der Waals surface area contributed by atoms with Crippen molar-refractivity contribution < 1.29 is 91.4 Å². The summed E-state index contributed by atoms with van der Waals surface area (Å²) < 4.78 is 40.3. The summed E-state index contributed by atoms with van der Waals surface area (Å²) in [7, 11) is 3.26. The second kappa shape index (κ2) is 34.4. The fourth-order valence-electron chi connectivity index (χ4n) is 8.78. The van der Waals surface area contributed by atoms with Crippen molar-refractivity contribution >= 4 is 35.8 Å². The summed E-state index contributed by atoms with van der Waals surface area (Å²) in [4.78, 5) is 71.0. The maximum atomic E-state index is 13.0. The van der Waals surface area contributed by atoms with Gasteiger partial charge in [-0.25, -0.2) is 0 Å². The van der Waals surface area contributed by atoms with E-state index in [4.69, 9.17) is 38.9 Å². The van der Waals surface area contributed by atoms with E-state index in [9.17, 15) is 33.9 Å². The van der Waals surface area contributed by atoms with E-state index in [-0.39, 0.29) is 130 Å². The van der Waals surface area contributed by atoms with Gasteiger partial charge < -0.3 is 69.8 Å². The Bertz CT molecular complexity index is 2090. The zero-order valence-corrected chi connectivity index (χ0v) is 44.1. The minimum absolute atomic E-state index is 0. The standard InChI is InChI=1S/C31H34NO6.C23H41N3O8.Li.H2O/c1-36-28-15-11-24(12-16-28)31(23-8-4-3-5-9-23,25-13-17-29(37-2)18-14-25)38-22-26-20-27(34)21-32(26)30(35)10-6-7-19-33;1-15-16(2)22(26-17(3)27)23(34-20(15)14-33-18(4)28)32-12-11-31-10-6-8-19(29)7-5-9-25-21(30)13-24;;/h3-5,8-9,11-18,26-27,34H,6-7,10,20-22H2,1-2H3;15-16,20,22-23H,5-14,24H2,1-4H3,(H,25,30)(H,26,27);;1H2/q-1;;+1;/p-1/t26-,27+;;;/m0.../s1. The molecule has 19 nitrogen and oxygen atoms in total. The van der Waals surface area contributed by atoms with Crippen LogP contribution in [0.1, 0.15) is 95.8 Å². The Hall–Kier alpha value is -5.20. The SMILES string of the molecule is CC(=O)NC1C(OCCOCCCC(=O)CCCNC(=O)CN)OC(COC(C)=O)C(C)C1C.COc1ccc(C(OC[C@@H]2C[C@@H](O)CN2C(=O)CCC[C-]=O)(c2ccccc2)c2ccc(OC)cc2)cc1.[Li+].[OH-].